The first-order valence-electron chi connectivity index (χ1n) is 4.04. The summed E-state index contributed by atoms with van der Waals surface area (Å²) in [6, 6.07) is 9.94. The summed E-state index contributed by atoms with van der Waals surface area (Å²) in [4.78, 5) is 0. The molecule has 0 aliphatic rings. The Hall–Kier alpha value is -1.55. The maximum atomic E-state index is 8.25. The van der Waals surface area contributed by atoms with E-state index in [4.69, 9.17) is 10.9 Å². The molecule has 1 aromatic carbocycles. The molecule has 0 aliphatic carbocycles. The third-order valence-electron chi connectivity index (χ3n) is 1.61. The minimum absolute atomic E-state index is 0.191. The highest BCUT2D eigenvalue weighted by atomic mass is 16.4. The van der Waals surface area contributed by atoms with Crippen molar-refractivity contribution in [3.05, 3.63) is 35.9 Å². The van der Waals surface area contributed by atoms with Crippen molar-refractivity contribution in [2.45, 2.75) is 6.54 Å². The third-order valence-corrected chi connectivity index (χ3v) is 1.61. The molecule has 0 saturated carbocycles. The molecule has 70 valence electrons. The SMILES string of the molecule is N/C(CNCc1ccccc1)=N/O. The highest BCUT2D eigenvalue weighted by Gasteiger charge is 1.92. The van der Waals surface area contributed by atoms with Crippen LogP contribution in [0.1, 0.15) is 5.56 Å². The lowest BCUT2D eigenvalue weighted by atomic mass is 10.2. The van der Waals surface area contributed by atoms with E-state index in [1.807, 2.05) is 30.3 Å². The van der Waals surface area contributed by atoms with Crippen molar-refractivity contribution in [1.29, 1.82) is 0 Å². The van der Waals surface area contributed by atoms with Crippen LogP contribution in [0.25, 0.3) is 0 Å². The van der Waals surface area contributed by atoms with Crippen LogP contribution < -0.4 is 11.1 Å². The lowest BCUT2D eigenvalue weighted by molar-refractivity contribution is 0.317. The highest BCUT2D eigenvalue weighted by Crippen LogP contribution is 1.96. The summed E-state index contributed by atoms with van der Waals surface area (Å²) in [6.07, 6.45) is 0. The van der Waals surface area contributed by atoms with Crippen LogP contribution in [0.4, 0.5) is 0 Å². The van der Waals surface area contributed by atoms with Gasteiger partial charge in [0.2, 0.25) is 0 Å². The van der Waals surface area contributed by atoms with Gasteiger partial charge in [-0.1, -0.05) is 35.5 Å². The zero-order valence-electron chi connectivity index (χ0n) is 7.27. The van der Waals surface area contributed by atoms with Crippen LogP contribution in [0.5, 0.6) is 0 Å². The molecule has 0 spiro atoms. The van der Waals surface area contributed by atoms with E-state index in [0.717, 1.165) is 6.54 Å². The molecule has 4 heteroatoms. The van der Waals surface area contributed by atoms with Gasteiger partial charge < -0.3 is 16.3 Å². The van der Waals surface area contributed by atoms with Gasteiger partial charge in [0.25, 0.3) is 0 Å². The number of nitrogens with one attached hydrogen (secondary N) is 1. The van der Waals surface area contributed by atoms with Gasteiger partial charge in [0, 0.05) is 6.54 Å². The van der Waals surface area contributed by atoms with Crippen molar-refractivity contribution in [1.82, 2.24) is 5.32 Å². The average molecular weight is 179 g/mol. The molecule has 1 rings (SSSR count). The summed E-state index contributed by atoms with van der Waals surface area (Å²) in [5, 5.41) is 14.1. The van der Waals surface area contributed by atoms with Gasteiger partial charge in [-0.2, -0.15) is 0 Å². The fourth-order valence-electron chi connectivity index (χ4n) is 0.966. The predicted octanol–water partition coefficient (Wildman–Crippen LogP) is 0.523. The van der Waals surface area contributed by atoms with Gasteiger partial charge >= 0.3 is 0 Å². The topological polar surface area (TPSA) is 70.6 Å². The Morgan fingerprint density at radius 1 is 1.38 bits per heavy atom. The highest BCUT2D eigenvalue weighted by molar-refractivity contribution is 5.81. The molecule has 0 aromatic heterocycles. The minimum atomic E-state index is 0.191. The number of oxime groups is 1. The Morgan fingerprint density at radius 3 is 2.69 bits per heavy atom. The van der Waals surface area contributed by atoms with E-state index in [1.54, 1.807) is 0 Å². The summed E-state index contributed by atoms with van der Waals surface area (Å²) < 4.78 is 0. The van der Waals surface area contributed by atoms with Gasteiger partial charge in [-0.25, -0.2) is 0 Å². The van der Waals surface area contributed by atoms with Crippen molar-refractivity contribution in [2.24, 2.45) is 10.9 Å². The molecular formula is C9H13N3O. The standard InChI is InChI=1S/C9H13N3O/c10-9(12-13)7-11-6-8-4-2-1-3-5-8/h1-5,11,13H,6-7H2,(H2,10,12). The summed E-state index contributed by atoms with van der Waals surface area (Å²) in [5.41, 5.74) is 6.45. The van der Waals surface area contributed by atoms with E-state index in [-0.39, 0.29) is 5.84 Å². The van der Waals surface area contributed by atoms with E-state index >= 15 is 0 Å². The molecule has 0 fully saturated rings. The largest absolute Gasteiger partial charge is 0.409 e. The monoisotopic (exact) mass is 179 g/mol. The van der Waals surface area contributed by atoms with E-state index in [1.165, 1.54) is 5.56 Å². The smallest absolute Gasteiger partial charge is 0.153 e. The molecule has 0 radical (unpaired) electrons. The normalized spacial score (nSPS) is 11.5. The van der Waals surface area contributed by atoms with Crippen LogP contribution in [0.3, 0.4) is 0 Å². The third kappa shape index (κ3) is 3.57. The zero-order valence-corrected chi connectivity index (χ0v) is 7.27. The first-order chi connectivity index (χ1) is 6.33. The number of benzene rings is 1. The van der Waals surface area contributed by atoms with Crippen LogP contribution in [0.15, 0.2) is 35.5 Å². The Balaban J connectivity index is 2.28. The molecule has 13 heavy (non-hydrogen) atoms. The van der Waals surface area contributed by atoms with Crippen molar-refractivity contribution >= 4 is 5.84 Å². The van der Waals surface area contributed by atoms with Crippen LogP contribution in [0.2, 0.25) is 0 Å². The Morgan fingerprint density at radius 2 is 2.08 bits per heavy atom. The van der Waals surface area contributed by atoms with E-state index in [2.05, 4.69) is 10.5 Å². The molecule has 4 N–H and O–H groups in total. The second-order valence-corrected chi connectivity index (χ2v) is 2.68. The molecule has 0 heterocycles. The maximum Gasteiger partial charge on any atom is 0.153 e. The zero-order chi connectivity index (χ0) is 9.52. The van der Waals surface area contributed by atoms with Crippen molar-refractivity contribution in [3.8, 4) is 0 Å². The quantitative estimate of drug-likeness (QED) is 0.273. The van der Waals surface area contributed by atoms with Gasteiger partial charge in [-0.15, -0.1) is 0 Å². The first kappa shape index (κ1) is 9.54. The number of amidine groups is 1. The lowest BCUT2D eigenvalue weighted by Crippen LogP contribution is -2.28. The second-order valence-electron chi connectivity index (χ2n) is 2.68. The van der Waals surface area contributed by atoms with Gasteiger partial charge in [0.15, 0.2) is 5.84 Å². The fraction of sp³-hybridized carbons (Fsp3) is 0.222. The van der Waals surface area contributed by atoms with E-state index in [0.29, 0.717) is 6.54 Å². The predicted molar refractivity (Wildman–Crippen MR) is 51.6 cm³/mol. The first-order valence-corrected chi connectivity index (χ1v) is 4.04. The van der Waals surface area contributed by atoms with Crippen molar-refractivity contribution < 1.29 is 5.21 Å². The van der Waals surface area contributed by atoms with Crippen LogP contribution >= 0.6 is 0 Å². The summed E-state index contributed by atoms with van der Waals surface area (Å²) in [5.74, 6) is 0.191. The number of nitrogens with zero attached hydrogens (tertiary/aromatic N) is 1. The molecule has 0 unspecified atom stereocenters. The van der Waals surface area contributed by atoms with Crippen molar-refractivity contribution in [2.75, 3.05) is 6.54 Å². The van der Waals surface area contributed by atoms with Gasteiger partial charge in [0.05, 0.1) is 6.54 Å². The number of hydrogen-bond donors (Lipinski definition) is 3. The summed E-state index contributed by atoms with van der Waals surface area (Å²) in [6.45, 7) is 1.11. The minimum Gasteiger partial charge on any atom is -0.409 e. The maximum absolute atomic E-state index is 8.25. The molecule has 1 aromatic rings. The molecule has 0 bridgehead atoms. The fourth-order valence-corrected chi connectivity index (χ4v) is 0.966. The lowest BCUT2D eigenvalue weighted by Gasteiger charge is -2.02. The second kappa shape index (κ2) is 5.16. The Bertz CT molecular complexity index is 271. The van der Waals surface area contributed by atoms with Gasteiger partial charge in [0.1, 0.15) is 0 Å². The molecule has 0 saturated heterocycles. The number of nitrogens with two attached hydrogens (primary N) is 1. The van der Waals surface area contributed by atoms with Crippen LogP contribution in [-0.4, -0.2) is 17.6 Å². The summed E-state index contributed by atoms with van der Waals surface area (Å²) >= 11 is 0. The molecule has 4 nitrogen and oxygen atoms in total. The van der Waals surface area contributed by atoms with Crippen LogP contribution in [0, 0.1) is 0 Å². The molecular weight excluding hydrogens is 166 g/mol. The summed E-state index contributed by atoms with van der Waals surface area (Å²) in [7, 11) is 0. The Labute approximate surface area is 77.1 Å². The van der Waals surface area contributed by atoms with E-state index in [9.17, 15) is 0 Å². The molecule has 0 atom stereocenters. The van der Waals surface area contributed by atoms with Crippen LogP contribution in [-0.2, 0) is 6.54 Å². The van der Waals surface area contributed by atoms with E-state index < -0.39 is 0 Å². The van der Waals surface area contributed by atoms with Gasteiger partial charge in [-0.05, 0) is 5.56 Å². The number of hydrogen-bond acceptors (Lipinski definition) is 3. The Kier molecular flexibility index (Phi) is 3.78. The molecule has 0 aliphatic heterocycles. The molecule has 0 amide bonds. The average Bonchev–Trinajstić information content (AvgIpc) is 2.19. The van der Waals surface area contributed by atoms with Gasteiger partial charge in [-0.3, -0.25) is 0 Å². The number of rotatable bonds is 4. The van der Waals surface area contributed by atoms with Crippen molar-refractivity contribution in [3.63, 3.8) is 0 Å².